The van der Waals surface area contributed by atoms with Crippen molar-refractivity contribution in [2.75, 3.05) is 0 Å². The Balaban J connectivity index is 2.06. The van der Waals surface area contributed by atoms with Crippen LogP contribution >= 0.6 is 11.6 Å². The van der Waals surface area contributed by atoms with Gasteiger partial charge in [-0.25, -0.2) is 0 Å². The van der Waals surface area contributed by atoms with Gasteiger partial charge in [-0.15, -0.1) is 0 Å². The van der Waals surface area contributed by atoms with Gasteiger partial charge >= 0.3 is 0 Å². The predicted octanol–water partition coefficient (Wildman–Crippen LogP) is 5.66. The van der Waals surface area contributed by atoms with Gasteiger partial charge in [0.1, 0.15) is 0 Å². The van der Waals surface area contributed by atoms with Crippen LogP contribution in [0.1, 0.15) is 33.0 Å². The maximum Gasteiger partial charge on any atom is 0.174 e. The topological polar surface area (TPSA) is 17.1 Å². The quantitative estimate of drug-likeness (QED) is 0.566. The number of hydrogen-bond donors (Lipinski definition) is 0. The molecular formula is C21H17ClO. The first kappa shape index (κ1) is 15.5. The lowest BCUT2D eigenvalue weighted by molar-refractivity contribution is 0.0974. The molecule has 0 amide bonds. The number of benzene rings is 3. The van der Waals surface area contributed by atoms with E-state index in [2.05, 4.69) is 0 Å². The summed E-state index contributed by atoms with van der Waals surface area (Å²) in [5.74, 6) is -0.227. The van der Waals surface area contributed by atoms with Crippen molar-refractivity contribution < 1.29 is 4.79 Å². The lowest BCUT2D eigenvalue weighted by Crippen LogP contribution is -2.14. The number of carbonyl (C=O) groups is 1. The molecule has 3 rings (SSSR count). The Morgan fingerprint density at radius 1 is 0.783 bits per heavy atom. The molecule has 0 aliphatic rings. The molecule has 2 heteroatoms. The molecule has 1 nitrogen and oxygen atoms in total. The van der Waals surface area contributed by atoms with E-state index in [-0.39, 0.29) is 11.7 Å². The number of ketones is 1. The SMILES string of the molecule is Cc1ccc(C(C(=O)c2ccc(Cl)cc2)c2ccccc2)cc1. The van der Waals surface area contributed by atoms with Crippen LogP contribution in [-0.2, 0) is 0 Å². The zero-order chi connectivity index (χ0) is 16.2. The summed E-state index contributed by atoms with van der Waals surface area (Å²) in [6.45, 7) is 2.04. The number of halogens is 1. The van der Waals surface area contributed by atoms with Crippen molar-refractivity contribution in [3.8, 4) is 0 Å². The lowest BCUT2D eigenvalue weighted by atomic mass is 9.84. The number of aryl methyl sites for hydroxylation is 1. The van der Waals surface area contributed by atoms with Crippen LogP contribution in [0.5, 0.6) is 0 Å². The fourth-order valence-electron chi connectivity index (χ4n) is 2.68. The highest BCUT2D eigenvalue weighted by molar-refractivity contribution is 6.30. The number of rotatable bonds is 4. The van der Waals surface area contributed by atoms with Crippen molar-refractivity contribution >= 4 is 17.4 Å². The zero-order valence-electron chi connectivity index (χ0n) is 12.9. The van der Waals surface area contributed by atoms with Gasteiger partial charge in [-0.2, -0.15) is 0 Å². The number of hydrogen-bond acceptors (Lipinski definition) is 1. The largest absolute Gasteiger partial charge is 0.293 e. The van der Waals surface area contributed by atoms with Gasteiger partial charge < -0.3 is 0 Å². The van der Waals surface area contributed by atoms with E-state index in [0.29, 0.717) is 10.6 Å². The van der Waals surface area contributed by atoms with Crippen molar-refractivity contribution in [1.29, 1.82) is 0 Å². The third-order valence-electron chi connectivity index (χ3n) is 3.93. The monoisotopic (exact) mass is 320 g/mol. The van der Waals surface area contributed by atoms with E-state index in [1.807, 2.05) is 61.5 Å². The average Bonchev–Trinajstić information content (AvgIpc) is 2.58. The van der Waals surface area contributed by atoms with Gasteiger partial charge in [0.2, 0.25) is 0 Å². The summed E-state index contributed by atoms with van der Waals surface area (Å²) in [6.07, 6.45) is 0. The van der Waals surface area contributed by atoms with E-state index in [4.69, 9.17) is 11.6 Å². The molecule has 0 radical (unpaired) electrons. The first-order valence-electron chi connectivity index (χ1n) is 7.56. The van der Waals surface area contributed by atoms with E-state index in [1.54, 1.807) is 24.3 Å². The molecule has 0 aromatic heterocycles. The minimum absolute atomic E-state index is 0.0803. The summed E-state index contributed by atoms with van der Waals surface area (Å²) in [5.41, 5.74) is 3.85. The smallest absolute Gasteiger partial charge is 0.174 e. The molecule has 0 heterocycles. The van der Waals surface area contributed by atoms with E-state index in [1.165, 1.54) is 5.56 Å². The summed E-state index contributed by atoms with van der Waals surface area (Å²) < 4.78 is 0. The molecule has 0 aliphatic carbocycles. The highest BCUT2D eigenvalue weighted by Crippen LogP contribution is 2.29. The first-order chi connectivity index (χ1) is 11.1. The molecule has 114 valence electrons. The predicted molar refractivity (Wildman–Crippen MR) is 95.2 cm³/mol. The normalized spacial score (nSPS) is 11.9. The molecule has 0 aliphatic heterocycles. The van der Waals surface area contributed by atoms with E-state index < -0.39 is 0 Å². The van der Waals surface area contributed by atoms with Crippen molar-refractivity contribution in [1.82, 2.24) is 0 Å². The standard InChI is InChI=1S/C21H17ClO/c1-15-7-9-17(10-8-15)20(16-5-3-2-4-6-16)21(23)18-11-13-19(22)14-12-18/h2-14,20H,1H3. The van der Waals surface area contributed by atoms with Crippen molar-refractivity contribution in [3.05, 3.63) is 106 Å². The van der Waals surface area contributed by atoms with Crippen molar-refractivity contribution in [3.63, 3.8) is 0 Å². The van der Waals surface area contributed by atoms with E-state index >= 15 is 0 Å². The summed E-state index contributed by atoms with van der Waals surface area (Å²) in [7, 11) is 0. The third kappa shape index (κ3) is 3.52. The van der Waals surface area contributed by atoms with Crippen LogP contribution in [0.15, 0.2) is 78.9 Å². The Kier molecular flexibility index (Phi) is 4.59. The van der Waals surface area contributed by atoms with Gasteiger partial charge in [-0.1, -0.05) is 71.8 Å². The minimum Gasteiger partial charge on any atom is -0.293 e. The molecule has 23 heavy (non-hydrogen) atoms. The van der Waals surface area contributed by atoms with Crippen LogP contribution in [0.2, 0.25) is 5.02 Å². The summed E-state index contributed by atoms with van der Waals surface area (Å²) in [6, 6.07) is 25.1. The minimum atomic E-state index is -0.307. The molecule has 0 bridgehead atoms. The fourth-order valence-corrected chi connectivity index (χ4v) is 2.81. The van der Waals surface area contributed by atoms with Gasteiger partial charge in [0, 0.05) is 10.6 Å². The van der Waals surface area contributed by atoms with Gasteiger partial charge in [-0.3, -0.25) is 4.79 Å². The van der Waals surface area contributed by atoms with Gasteiger partial charge in [0.15, 0.2) is 5.78 Å². The Hall–Kier alpha value is -2.38. The number of carbonyl (C=O) groups excluding carboxylic acids is 1. The summed E-state index contributed by atoms with van der Waals surface area (Å²) in [4.78, 5) is 13.1. The van der Waals surface area contributed by atoms with Gasteiger partial charge in [-0.05, 0) is 42.3 Å². The molecule has 1 unspecified atom stereocenters. The average molecular weight is 321 g/mol. The van der Waals surface area contributed by atoms with E-state index in [0.717, 1.165) is 11.1 Å². The maximum atomic E-state index is 13.1. The fraction of sp³-hybridized carbons (Fsp3) is 0.0952. The van der Waals surface area contributed by atoms with Crippen LogP contribution in [-0.4, -0.2) is 5.78 Å². The van der Waals surface area contributed by atoms with E-state index in [9.17, 15) is 4.79 Å². The second-order valence-corrected chi connectivity index (χ2v) is 6.06. The highest BCUT2D eigenvalue weighted by Gasteiger charge is 2.23. The Labute approximate surface area is 141 Å². The lowest BCUT2D eigenvalue weighted by Gasteiger charge is -2.17. The molecule has 3 aromatic carbocycles. The molecule has 0 spiro atoms. The van der Waals surface area contributed by atoms with Crippen molar-refractivity contribution in [2.24, 2.45) is 0 Å². The van der Waals surface area contributed by atoms with Crippen LogP contribution in [0, 0.1) is 6.92 Å². The Morgan fingerprint density at radius 3 is 1.96 bits per heavy atom. The van der Waals surface area contributed by atoms with Crippen LogP contribution < -0.4 is 0 Å². The molecule has 0 fully saturated rings. The molecule has 1 atom stereocenters. The Morgan fingerprint density at radius 2 is 1.35 bits per heavy atom. The molecule has 0 N–H and O–H groups in total. The van der Waals surface area contributed by atoms with Crippen molar-refractivity contribution in [2.45, 2.75) is 12.8 Å². The first-order valence-corrected chi connectivity index (χ1v) is 7.94. The van der Waals surface area contributed by atoms with Crippen LogP contribution in [0.25, 0.3) is 0 Å². The molecule has 3 aromatic rings. The second kappa shape index (κ2) is 6.80. The third-order valence-corrected chi connectivity index (χ3v) is 4.19. The summed E-state index contributed by atoms with van der Waals surface area (Å²) in [5, 5.41) is 0.633. The van der Waals surface area contributed by atoms with Crippen LogP contribution in [0.3, 0.4) is 0 Å². The molecular weight excluding hydrogens is 304 g/mol. The van der Waals surface area contributed by atoms with Gasteiger partial charge in [0.05, 0.1) is 5.92 Å². The summed E-state index contributed by atoms with van der Waals surface area (Å²) >= 11 is 5.94. The highest BCUT2D eigenvalue weighted by atomic mass is 35.5. The zero-order valence-corrected chi connectivity index (χ0v) is 13.6. The second-order valence-electron chi connectivity index (χ2n) is 5.63. The molecule has 0 saturated carbocycles. The molecule has 0 saturated heterocycles. The Bertz CT molecular complexity index is 790. The van der Waals surface area contributed by atoms with Crippen LogP contribution in [0.4, 0.5) is 0 Å². The maximum absolute atomic E-state index is 13.1. The van der Waals surface area contributed by atoms with Gasteiger partial charge in [0.25, 0.3) is 0 Å². The number of Topliss-reactive ketones (excluding diaryl/α,β-unsaturated/α-hetero) is 1.